The molecule has 0 aromatic rings. The first kappa shape index (κ1) is 7.32. The molecule has 2 heteroatoms. The second-order valence-corrected chi connectivity index (χ2v) is 3.01. The highest BCUT2D eigenvalue weighted by Gasteiger charge is 2.23. The molecular formula is C8H12O2. The summed E-state index contributed by atoms with van der Waals surface area (Å²) in [7, 11) is 0. The lowest BCUT2D eigenvalue weighted by Gasteiger charge is -2.19. The second kappa shape index (κ2) is 2.45. The second-order valence-electron chi connectivity index (χ2n) is 3.01. The van der Waals surface area contributed by atoms with Gasteiger partial charge in [0, 0.05) is 17.9 Å². The predicted molar refractivity (Wildman–Crippen MR) is 38.7 cm³/mol. The summed E-state index contributed by atoms with van der Waals surface area (Å²) in [6.45, 7) is 3.82. The van der Waals surface area contributed by atoms with E-state index in [2.05, 4.69) is 0 Å². The van der Waals surface area contributed by atoms with Gasteiger partial charge in [0.1, 0.15) is 0 Å². The Bertz CT molecular complexity index is 182. The zero-order chi connectivity index (χ0) is 7.72. The molecular weight excluding hydrogens is 128 g/mol. The fourth-order valence-electron chi connectivity index (χ4n) is 1.20. The molecule has 2 nitrogen and oxygen atoms in total. The van der Waals surface area contributed by atoms with Gasteiger partial charge in [-0.3, -0.25) is 4.79 Å². The van der Waals surface area contributed by atoms with Crippen LogP contribution in [0.1, 0.15) is 20.3 Å². The summed E-state index contributed by atoms with van der Waals surface area (Å²) in [5.41, 5.74) is 0. The Balaban J connectivity index is 2.79. The molecule has 0 aromatic heterocycles. The van der Waals surface area contributed by atoms with Crippen LogP contribution in [0.3, 0.4) is 0 Å². The van der Waals surface area contributed by atoms with Crippen molar-refractivity contribution in [1.82, 2.24) is 0 Å². The number of hydrogen-bond donors (Lipinski definition) is 1. The molecule has 0 saturated heterocycles. The summed E-state index contributed by atoms with van der Waals surface area (Å²) in [5, 5.41) is 9.11. The minimum atomic E-state index is 0.0515. The molecule has 0 heterocycles. The molecule has 0 saturated carbocycles. The van der Waals surface area contributed by atoms with Crippen molar-refractivity contribution in [3.8, 4) is 0 Å². The highest BCUT2D eigenvalue weighted by atomic mass is 16.3. The van der Waals surface area contributed by atoms with Crippen LogP contribution in [0, 0.1) is 11.8 Å². The molecule has 0 fully saturated rings. The van der Waals surface area contributed by atoms with Gasteiger partial charge in [0.25, 0.3) is 0 Å². The molecule has 1 rings (SSSR count). The van der Waals surface area contributed by atoms with E-state index in [4.69, 9.17) is 5.11 Å². The van der Waals surface area contributed by atoms with Crippen LogP contribution in [-0.2, 0) is 4.79 Å². The van der Waals surface area contributed by atoms with E-state index < -0.39 is 0 Å². The summed E-state index contributed by atoms with van der Waals surface area (Å²) in [6, 6.07) is 0. The van der Waals surface area contributed by atoms with Crippen LogP contribution in [0.25, 0.3) is 0 Å². The van der Waals surface area contributed by atoms with Crippen LogP contribution < -0.4 is 0 Å². The molecule has 10 heavy (non-hydrogen) atoms. The van der Waals surface area contributed by atoms with Gasteiger partial charge < -0.3 is 5.11 Å². The van der Waals surface area contributed by atoms with Gasteiger partial charge in [-0.2, -0.15) is 0 Å². The van der Waals surface area contributed by atoms with E-state index in [0.717, 1.165) is 6.42 Å². The highest BCUT2D eigenvalue weighted by Crippen LogP contribution is 2.24. The summed E-state index contributed by atoms with van der Waals surface area (Å²) in [5.74, 6) is 0.539. The molecule has 0 aromatic carbocycles. The zero-order valence-electron chi connectivity index (χ0n) is 6.29. The fourth-order valence-corrected chi connectivity index (χ4v) is 1.20. The largest absolute Gasteiger partial charge is 0.512 e. The third-order valence-corrected chi connectivity index (χ3v) is 1.99. The number of rotatable bonds is 0. The third kappa shape index (κ3) is 1.20. The number of ketones is 1. The van der Waals surface area contributed by atoms with E-state index >= 15 is 0 Å². The normalized spacial score (nSPS) is 33.8. The van der Waals surface area contributed by atoms with E-state index in [-0.39, 0.29) is 23.4 Å². The lowest BCUT2D eigenvalue weighted by molar-refractivity contribution is -0.119. The van der Waals surface area contributed by atoms with Crippen LogP contribution in [0.5, 0.6) is 0 Å². The Morgan fingerprint density at radius 3 is 2.60 bits per heavy atom. The van der Waals surface area contributed by atoms with Crippen molar-refractivity contribution in [1.29, 1.82) is 0 Å². The number of hydrogen-bond acceptors (Lipinski definition) is 2. The highest BCUT2D eigenvalue weighted by molar-refractivity contribution is 5.92. The number of carbonyl (C=O) groups is 1. The Morgan fingerprint density at radius 1 is 1.50 bits per heavy atom. The van der Waals surface area contributed by atoms with Gasteiger partial charge in [0.05, 0.1) is 5.76 Å². The maximum atomic E-state index is 10.9. The lowest BCUT2D eigenvalue weighted by atomic mass is 9.87. The van der Waals surface area contributed by atoms with Crippen LogP contribution in [-0.4, -0.2) is 10.9 Å². The van der Waals surface area contributed by atoms with Crippen molar-refractivity contribution in [3.63, 3.8) is 0 Å². The SMILES string of the molecule is C[C@@H]1C[C@H](C)C(=O)C=C1O. The molecule has 0 spiro atoms. The first-order valence-electron chi connectivity index (χ1n) is 3.55. The maximum Gasteiger partial charge on any atom is 0.161 e. The van der Waals surface area contributed by atoms with E-state index in [1.54, 1.807) is 0 Å². The first-order valence-corrected chi connectivity index (χ1v) is 3.55. The van der Waals surface area contributed by atoms with E-state index in [1.165, 1.54) is 6.08 Å². The zero-order valence-corrected chi connectivity index (χ0v) is 6.29. The fraction of sp³-hybridized carbons (Fsp3) is 0.625. The Kier molecular flexibility index (Phi) is 1.79. The molecule has 0 radical (unpaired) electrons. The van der Waals surface area contributed by atoms with Crippen molar-refractivity contribution in [2.75, 3.05) is 0 Å². The van der Waals surface area contributed by atoms with Gasteiger partial charge >= 0.3 is 0 Å². The van der Waals surface area contributed by atoms with E-state index in [9.17, 15) is 4.79 Å². The average molecular weight is 140 g/mol. The van der Waals surface area contributed by atoms with Gasteiger partial charge in [0.15, 0.2) is 5.78 Å². The minimum Gasteiger partial charge on any atom is -0.512 e. The van der Waals surface area contributed by atoms with Crippen LogP contribution in [0.4, 0.5) is 0 Å². The van der Waals surface area contributed by atoms with E-state index in [0.29, 0.717) is 0 Å². The Morgan fingerprint density at radius 2 is 2.10 bits per heavy atom. The molecule has 1 aliphatic rings. The topological polar surface area (TPSA) is 37.3 Å². The molecule has 1 N–H and O–H groups in total. The molecule has 0 aliphatic heterocycles. The molecule has 0 unspecified atom stereocenters. The molecule has 0 bridgehead atoms. The summed E-state index contributed by atoms with van der Waals surface area (Å²) < 4.78 is 0. The number of aliphatic hydroxyl groups excluding tert-OH is 1. The number of allylic oxidation sites excluding steroid dienone is 2. The van der Waals surface area contributed by atoms with Gasteiger partial charge in [-0.15, -0.1) is 0 Å². The average Bonchev–Trinajstić information content (AvgIpc) is 1.84. The van der Waals surface area contributed by atoms with Gasteiger partial charge in [-0.05, 0) is 6.42 Å². The van der Waals surface area contributed by atoms with Crippen molar-refractivity contribution < 1.29 is 9.90 Å². The smallest absolute Gasteiger partial charge is 0.161 e. The Hall–Kier alpha value is -0.790. The molecule has 0 amide bonds. The lowest BCUT2D eigenvalue weighted by Crippen LogP contribution is -2.19. The van der Waals surface area contributed by atoms with Crippen molar-refractivity contribution in [2.24, 2.45) is 11.8 Å². The standard InChI is InChI=1S/C8H12O2/c1-5-3-6(2)8(10)4-7(5)9/h4-6,9H,3H2,1-2H3/t5-,6+/m1/s1. The quantitative estimate of drug-likeness (QED) is 0.555. The number of carbonyl (C=O) groups excluding carboxylic acids is 1. The third-order valence-electron chi connectivity index (χ3n) is 1.99. The predicted octanol–water partition coefficient (Wildman–Crippen LogP) is 1.67. The van der Waals surface area contributed by atoms with Gasteiger partial charge in [-0.25, -0.2) is 0 Å². The molecule has 56 valence electrons. The Labute approximate surface area is 60.6 Å². The molecule has 2 atom stereocenters. The molecule has 1 aliphatic carbocycles. The summed E-state index contributed by atoms with van der Waals surface area (Å²) >= 11 is 0. The number of aliphatic hydroxyl groups is 1. The van der Waals surface area contributed by atoms with Crippen LogP contribution >= 0.6 is 0 Å². The van der Waals surface area contributed by atoms with Crippen LogP contribution in [0.15, 0.2) is 11.8 Å². The van der Waals surface area contributed by atoms with Crippen LogP contribution in [0.2, 0.25) is 0 Å². The van der Waals surface area contributed by atoms with E-state index in [1.807, 2.05) is 13.8 Å². The van der Waals surface area contributed by atoms with Crippen molar-refractivity contribution in [2.45, 2.75) is 20.3 Å². The minimum absolute atomic E-state index is 0.0515. The first-order chi connectivity index (χ1) is 4.61. The summed E-state index contributed by atoms with van der Waals surface area (Å²) in [6.07, 6.45) is 2.12. The van der Waals surface area contributed by atoms with Crippen molar-refractivity contribution in [3.05, 3.63) is 11.8 Å². The monoisotopic (exact) mass is 140 g/mol. The van der Waals surface area contributed by atoms with Gasteiger partial charge in [-0.1, -0.05) is 13.8 Å². The van der Waals surface area contributed by atoms with Gasteiger partial charge in [0.2, 0.25) is 0 Å². The summed E-state index contributed by atoms with van der Waals surface area (Å²) in [4.78, 5) is 10.9. The maximum absolute atomic E-state index is 10.9. The van der Waals surface area contributed by atoms with Crippen molar-refractivity contribution >= 4 is 5.78 Å².